The van der Waals surface area contributed by atoms with Crippen LogP contribution in [0.3, 0.4) is 0 Å². The lowest BCUT2D eigenvalue weighted by molar-refractivity contribution is -0.384. The second kappa shape index (κ2) is 10.7. The molecule has 0 aliphatic carbocycles. The van der Waals surface area contributed by atoms with E-state index in [-0.39, 0.29) is 10.6 Å². The van der Waals surface area contributed by atoms with Crippen molar-refractivity contribution in [2.45, 2.75) is 32.8 Å². The van der Waals surface area contributed by atoms with Crippen molar-refractivity contribution in [2.24, 2.45) is 0 Å². The Hall–Kier alpha value is -3.36. The van der Waals surface area contributed by atoms with Gasteiger partial charge in [-0.05, 0) is 31.4 Å². The number of non-ortho nitro benzene ring substituents is 1. The van der Waals surface area contributed by atoms with E-state index in [9.17, 15) is 15.2 Å². The normalized spacial score (nSPS) is 15.3. The van der Waals surface area contributed by atoms with Gasteiger partial charge in [-0.3, -0.25) is 15.0 Å². The van der Waals surface area contributed by atoms with Gasteiger partial charge in [0.2, 0.25) is 0 Å². The Kier molecular flexibility index (Phi) is 7.49. The molecule has 1 atom stereocenters. The number of anilines is 1. The van der Waals surface area contributed by atoms with Crippen LogP contribution in [0.25, 0.3) is 0 Å². The summed E-state index contributed by atoms with van der Waals surface area (Å²) in [7, 11) is 0. The first-order chi connectivity index (χ1) is 16.4. The van der Waals surface area contributed by atoms with Crippen molar-refractivity contribution in [2.75, 3.05) is 37.6 Å². The van der Waals surface area contributed by atoms with E-state index in [4.69, 9.17) is 4.98 Å². The molecule has 0 amide bonds. The Bertz CT molecular complexity index is 1110. The van der Waals surface area contributed by atoms with E-state index in [1.807, 2.05) is 44.2 Å². The SMILES string of the molecule is Cc1nc(C)c(Cc2ccc([N+](=O)[O-])cc2)c(N2CCN(C[C@H](O)Cc3ccccc3)CC2)n1. The maximum Gasteiger partial charge on any atom is 0.269 e. The molecule has 0 saturated carbocycles. The Balaban J connectivity index is 1.41. The summed E-state index contributed by atoms with van der Waals surface area (Å²) >= 11 is 0. The first-order valence-electron chi connectivity index (χ1n) is 11.7. The van der Waals surface area contributed by atoms with Crippen LogP contribution in [0.1, 0.15) is 28.2 Å². The highest BCUT2D eigenvalue weighted by Crippen LogP contribution is 2.26. The number of aromatic nitrogens is 2. The van der Waals surface area contributed by atoms with E-state index in [0.717, 1.165) is 60.2 Å². The van der Waals surface area contributed by atoms with Crippen LogP contribution in [-0.2, 0) is 12.8 Å². The molecule has 34 heavy (non-hydrogen) atoms. The molecule has 8 nitrogen and oxygen atoms in total. The van der Waals surface area contributed by atoms with Gasteiger partial charge in [0, 0.05) is 62.5 Å². The molecule has 2 aromatic carbocycles. The molecule has 1 aliphatic heterocycles. The van der Waals surface area contributed by atoms with Gasteiger partial charge < -0.3 is 10.0 Å². The zero-order chi connectivity index (χ0) is 24.1. The number of aliphatic hydroxyl groups is 1. The van der Waals surface area contributed by atoms with Crippen molar-refractivity contribution < 1.29 is 10.0 Å². The first-order valence-corrected chi connectivity index (χ1v) is 11.7. The molecule has 1 fully saturated rings. The van der Waals surface area contributed by atoms with Crippen LogP contribution in [0.4, 0.5) is 11.5 Å². The number of piperazine rings is 1. The van der Waals surface area contributed by atoms with E-state index in [1.54, 1.807) is 24.3 Å². The van der Waals surface area contributed by atoms with Crippen molar-refractivity contribution in [3.63, 3.8) is 0 Å². The highest BCUT2D eigenvalue weighted by Gasteiger charge is 2.23. The molecule has 0 bridgehead atoms. The molecule has 3 aromatic rings. The molecule has 8 heteroatoms. The van der Waals surface area contributed by atoms with E-state index < -0.39 is 6.10 Å². The number of benzene rings is 2. The second-order valence-electron chi connectivity index (χ2n) is 8.89. The lowest BCUT2D eigenvalue weighted by Gasteiger charge is -2.37. The van der Waals surface area contributed by atoms with Crippen LogP contribution in [0.2, 0.25) is 0 Å². The van der Waals surface area contributed by atoms with E-state index in [2.05, 4.69) is 14.8 Å². The predicted molar refractivity (Wildman–Crippen MR) is 132 cm³/mol. The third kappa shape index (κ3) is 5.95. The minimum absolute atomic E-state index is 0.0893. The summed E-state index contributed by atoms with van der Waals surface area (Å²) in [4.78, 5) is 24.5. The quantitative estimate of drug-likeness (QED) is 0.406. The van der Waals surface area contributed by atoms with Crippen LogP contribution in [0.5, 0.6) is 0 Å². The predicted octanol–water partition coefficient (Wildman–Crippen LogP) is 3.32. The van der Waals surface area contributed by atoms with E-state index in [0.29, 0.717) is 19.4 Å². The summed E-state index contributed by atoms with van der Waals surface area (Å²) in [6, 6.07) is 16.8. The van der Waals surface area contributed by atoms with Gasteiger partial charge >= 0.3 is 0 Å². The minimum atomic E-state index is -0.393. The van der Waals surface area contributed by atoms with E-state index in [1.165, 1.54) is 0 Å². The van der Waals surface area contributed by atoms with Gasteiger partial charge in [0.05, 0.1) is 11.0 Å². The minimum Gasteiger partial charge on any atom is -0.391 e. The van der Waals surface area contributed by atoms with Gasteiger partial charge in [0.25, 0.3) is 5.69 Å². The van der Waals surface area contributed by atoms with E-state index >= 15 is 0 Å². The molecule has 1 aliphatic rings. The highest BCUT2D eigenvalue weighted by molar-refractivity contribution is 5.52. The van der Waals surface area contributed by atoms with Crippen molar-refractivity contribution in [3.05, 3.63) is 92.9 Å². The maximum atomic E-state index is 11.0. The van der Waals surface area contributed by atoms with Gasteiger partial charge in [-0.15, -0.1) is 0 Å². The van der Waals surface area contributed by atoms with Gasteiger partial charge in [-0.1, -0.05) is 42.5 Å². The van der Waals surface area contributed by atoms with Crippen molar-refractivity contribution >= 4 is 11.5 Å². The van der Waals surface area contributed by atoms with Crippen LogP contribution >= 0.6 is 0 Å². The van der Waals surface area contributed by atoms with Gasteiger partial charge in [0.1, 0.15) is 11.6 Å². The summed E-state index contributed by atoms with van der Waals surface area (Å²) in [6.07, 6.45) is 0.885. The smallest absolute Gasteiger partial charge is 0.269 e. The summed E-state index contributed by atoms with van der Waals surface area (Å²) < 4.78 is 0. The number of β-amino-alcohol motifs (C(OH)–C–C–N with tert-alkyl or cyclic N) is 1. The van der Waals surface area contributed by atoms with Gasteiger partial charge in [-0.2, -0.15) is 0 Å². The number of hydrogen-bond donors (Lipinski definition) is 1. The highest BCUT2D eigenvalue weighted by atomic mass is 16.6. The number of nitro benzene ring substituents is 1. The molecule has 0 spiro atoms. The van der Waals surface area contributed by atoms with Crippen LogP contribution < -0.4 is 4.90 Å². The average molecular weight is 462 g/mol. The topological polar surface area (TPSA) is 95.6 Å². The summed E-state index contributed by atoms with van der Waals surface area (Å²) in [5, 5.41) is 21.5. The number of nitrogens with zero attached hydrogens (tertiary/aromatic N) is 5. The summed E-state index contributed by atoms with van der Waals surface area (Å²) in [6.45, 7) is 7.90. The Labute approximate surface area is 200 Å². The average Bonchev–Trinajstić information content (AvgIpc) is 2.82. The van der Waals surface area contributed by atoms with Gasteiger partial charge in [0.15, 0.2) is 0 Å². The Morgan fingerprint density at radius 1 is 0.971 bits per heavy atom. The third-order valence-corrected chi connectivity index (χ3v) is 6.29. The molecule has 0 radical (unpaired) electrons. The molecule has 1 aromatic heterocycles. The Morgan fingerprint density at radius 2 is 1.65 bits per heavy atom. The summed E-state index contributed by atoms with van der Waals surface area (Å²) in [5.41, 5.74) is 4.21. The monoisotopic (exact) mass is 461 g/mol. The zero-order valence-corrected chi connectivity index (χ0v) is 19.7. The Morgan fingerprint density at radius 3 is 2.29 bits per heavy atom. The number of hydrogen-bond acceptors (Lipinski definition) is 7. The fourth-order valence-corrected chi connectivity index (χ4v) is 4.52. The van der Waals surface area contributed by atoms with Crippen molar-refractivity contribution in [1.82, 2.24) is 14.9 Å². The molecule has 4 rings (SSSR count). The molecule has 1 N–H and O–H groups in total. The molecule has 1 saturated heterocycles. The molecule has 2 heterocycles. The number of aliphatic hydroxyl groups excluding tert-OH is 1. The van der Waals surface area contributed by atoms with Crippen molar-refractivity contribution in [3.8, 4) is 0 Å². The standard InChI is InChI=1S/C26H31N5O3/c1-19-25(17-22-8-10-23(11-9-22)31(33)34)26(28-20(2)27-19)30-14-12-29(13-15-30)18-24(32)16-21-6-4-3-5-7-21/h3-11,24,32H,12-18H2,1-2H3/t24-/m1/s1. The number of rotatable bonds is 8. The second-order valence-corrected chi connectivity index (χ2v) is 8.89. The largest absolute Gasteiger partial charge is 0.391 e. The lowest BCUT2D eigenvalue weighted by Crippen LogP contribution is -2.49. The molecular weight excluding hydrogens is 430 g/mol. The lowest BCUT2D eigenvalue weighted by atomic mass is 10.0. The first kappa shape index (κ1) is 23.8. The van der Waals surface area contributed by atoms with Gasteiger partial charge in [-0.25, -0.2) is 9.97 Å². The van der Waals surface area contributed by atoms with Crippen LogP contribution in [0, 0.1) is 24.0 Å². The van der Waals surface area contributed by atoms with Crippen LogP contribution in [-0.4, -0.2) is 63.7 Å². The summed E-state index contributed by atoms with van der Waals surface area (Å²) in [5.74, 6) is 1.67. The maximum absolute atomic E-state index is 11.0. The molecule has 0 unspecified atom stereocenters. The van der Waals surface area contributed by atoms with Crippen molar-refractivity contribution in [1.29, 1.82) is 0 Å². The zero-order valence-electron chi connectivity index (χ0n) is 19.7. The number of nitro groups is 1. The molecular formula is C26H31N5O3. The van der Waals surface area contributed by atoms with Crippen LogP contribution in [0.15, 0.2) is 54.6 Å². The fourth-order valence-electron chi connectivity index (χ4n) is 4.52. The number of aryl methyl sites for hydroxylation is 2. The fraction of sp³-hybridized carbons (Fsp3) is 0.385. The third-order valence-electron chi connectivity index (χ3n) is 6.29. The molecule has 178 valence electrons.